The average molecular weight is 423 g/mol. The molecule has 3 aromatic rings. The fourth-order valence-electron chi connectivity index (χ4n) is 4.43. The summed E-state index contributed by atoms with van der Waals surface area (Å²) in [5.74, 6) is -0.261. The normalized spacial score (nSPS) is 23.7. The topological polar surface area (TPSA) is 42.3 Å². The summed E-state index contributed by atoms with van der Waals surface area (Å²) in [7, 11) is 0. The van der Waals surface area contributed by atoms with E-state index in [-0.39, 0.29) is 24.0 Å². The molecule has 4 heterocycles. The number of benzene rings is 1. The molecular weight excluding hydrogens is 399 g/mol. The average Bonchev–Trinajstić information content (AvgIpc) is 3.51. The maximum Gasteiger partial charge on any atom is 0.170 e. The number of thiocarbonyl (C=S) groups is 1. The Kier molecular flexibility index (Phi) is 5.23. The van der Waals surface area contributed by atoms with E-state index in [4.69, 9.17) is 17.0 Å². The van der Waals surface area contributed by atoms with Crippen LogP contribution in [0.5, 0.6) is 0 Å². The van der Waals surface area contributed by atoms with Crippen LogP contribution in [0, 0.1) is 5.82 Å². The molecule has 0 radical (unpaired) electrons. The van der Waals surface area contributed by atoms with Crippen LogP contribution in [0.3, 0.4) is 0 Å². The highest BCUT2D eigenvalue weighted by atomic mass is 32.1. The van der Waals surface area contributed by atoms with Crippen molar-refractivity contribution in [3.63, 3.8) is 0 Å². The predicted octanol–water partition coefficient (Wildman–Crippen LogP) is 4.16. The molecule has 2 saturated heterocycles. The molecule has 30 heavy (non-hydrogen) atoms. The van der Waals surface area contributed by atoms with Crippen molar-refractivity contribution < 1.29 is 9.13 Å². The minimum absolute atomic E-state index is 0.133. The summed E-state index contributed by atoms with van der Waals surface area (Å²) >= 11 is 5.74. The summed E-state index contributed by atoms with van der Waals surface area (Å²) in [4.78, 5) is 6.76. The number of hydrogen-bond acceptors (Lipinski definition) is 3. The summed E-state index contributed by atoms with van der Waals surface area (Å²) in [5, 5.41) is 4.13. The van der Waals surface area contributed by atoms with Crippen molar-refractivity contribution in [3.05, 3.63) is 84.2 Å². The van der Waals surface area contributed by atoms with E-state index in [0.29, 0.717) is 17.3 Å². The van der Waals surface area contributed by atoms with Crippen LogP contribution in [0.2, 0.25) is 0 Å². The van der Waals surface area contributed by atoms with Gasteiger partial charge in [-0.1, -0.05) is 18.2 Å². The Balaban J connectivity index is 1.58. The third-order valence-corrected chi connectivity index (χ3v) is 6.17. The van der Waals surface area contributed by atoms with E-state index in [2.05, 4.69) is 15.2 Å². The van der Waals surface area contributed by atoms with Crippen LogP contribution in [0.15, 0.2) is 67.0 Å². The van der Waals surface area contributed by atoms with Gasteiger partial charge in [0.15, 0.2) is 5.11 Å². The molecule has 0 spiro atoms. The monoisotopic (exact) mass is 422 g/mol. The van der Waals surface area contributed by atoms with E-state index >= 15 is 0 Å². The maximum absolute atomic E-state index is 14.6. The van der Waals surface area contributed by atoms with Crippen LogP contribution in [0.1, 0.15) is 36.3 Å². The molecule has 1 aromatic carbocycles. The van der Waals surface area contributed by atoms with Gasteiger partial charge in [-0.2, -0.15) is 0 Å². The van der Waals surface area contributed by atoms with Gasteiger partial charge in [0.25, 0.3) is 0 Å². The molecule has 1 N–H and O–H groups in total. The van der Waals surface area contributed by atoms with E-state index in [1.165, 1.54) is 6.07 Å². The first-order valence-electron chi connectivity index (χ1n) is 10.2. The number of para-hydroxylation sites is 1. The van der Waals surface area contributed by atoms with Gasteiger partial charge in [-0.05, 0) is 61.5 Å². The molecule has 0 aliphatic carbocycles. The van der Waals surface area contributed by atoms with Crippen LogP contribution in [-0.2, 0) is 4.74 Å². The Hall–Kier alpha value is -2.77. The number of nitrogens with zero attached hydrogens (tertiary/aromatic N) is 3. The number of pyridine rings is 1. The van der Waals surface area contributed by atoms with Gasteiger partial charge in [0.05, 0.1) is 29.6 Å². The van der Waals surface area contributed by atoms with Gasteiger partial charge in [0.1, 0.15) is 5.82 Å². The lowest BCUT2D eigenvalue weighted by molar-refractivity contribution is 0.0836. The molecule has 0 saturated carbocycles. The fourth-order valence-corrected chi connectivity index (χ4v) is 4.75. The number of nitrogens with one attached hydrogen (secondary N) is 1. The van der Waals surface area contributed by atoms with E-state index in [1.54, 1.807) is 18.3 Å². The van der Waals surface area contributed by atoms with Gasteiger partial charge in [-0.3, -0.25) is 4.98 Å². The van der Waals surface area contributed by atoms with Gasteiger partial charge in [0.2, 0.25) is 0 Å². The summed E-state index contributed by atoms with van der Waals surface area (Å²) in [6.07, 6.45) is 5.92. The van der Waals surface area contributed by atoms with Crippen molar-refractivity contribution in [2.75, 3.05) is 13.2 Å². The fraction of sp³-hybridized carbons (Fsp3) is 0.304. The summed E-state index contributed by atoms with van der Waals surface area (Å²) in [6.45, 7) is 1.49. The molecule has 154 valence electrons. The Morgan fingerprint density at radius 3 is 2.77 bits per heavy atom. The van der Waals surface area contributed by atoms with Crippen molar-refractivity contribution in [2.45, 2.75) is 31.0 Å². The third-order valence-electron chi connectivity index (χ3n) is 5.82. The van der Waals surface area contributed by atoms with Crippen molar-refractivity contribution in [1.82, 2.24) is 19.8 Å². The lowest BCUT2D eigenvalue weighted by atomic mass is 10.0. The smallest absolute Gasteiger partial charge is 0.170 e. The van der Waals surface area contributed by atoms with E-state index in [0.717, 1.165) is 30.8 Å². The number of ether oxygens (including phenoxy) is 1. The molecule has 2 aromatic heterocycles. The van der Waals surface area contributed by atoms with Crippen LogP contribution >= 0.6 is 12.2 Å². The molecule has 2 aliphatic rings. The van der Waals surface area contributed by atoms with Crippen LogP contribution in [0.4, 0.5) is 4.39 Å². The molecule has 5 rings (SSSR count). The van der Waals surface area contributed by atoms with Crippen LogP contribution in [-0.4, -0.2) is 38.8 Å². The first kappa shape index (κ1) is 19.2. The van der Waals surface area contributed by atoms with Gasteiger partial charge in [-0.25, -0.2) is 4.39 Å². The Labute approximate surface area is 180 Å². The molecule has 0 bridgehead atoms. The first-order chi connectivity index (χ1) is 14.7. The second kappa shape index (κ2) is 8.16. The molecule has 0 amide bonds. The predicted molar refractivity (Wildman–Crippen MR) is 117 cm³/mol. The van der Waals surface area contributed by atoms with Crippen molar-refractivity contribution in [1.29, 1.82) is 0 Å². The Bertz CT molecular complexity index is 1030. The zero-order chi connectivity index (χ0) is 20.5. The van der Waals surface area contributed by atoms with Gasteiger partial charge in [0, 0.05) is 31.2 Å². The SMILES string of the molecule is Fc1ccccc1-n1cccc1[C@H]1[C@H](c2ccccn2)NC(=S)N1C[C@@H]1CCCO1. The summed E-state index contributed by atoms with van der Waals surface area (Å²) in [5.41, 5.74) is 2.38. The van der Waals surface area contributed by atoms with Crippen molar-refractivity contribution in [3.8, 4) is 5.69 Å². The van der Waals surface area contributed by atoms with Crippen molar-refractivity contribution in [2.24, 2.45) is 0 Å². The molecule has 0 unspecified atom stereocenters. The zero-order valence-corrected chi connectivity index (χ0v) is 17.3. The molecule has 2 fully saturated rings. The Morgan fingerprint density at radius 2 is 2.00 bits per heavy atom. The summed E-state index contributed by atoms with van der Waals surface area (Å²) < 4.78 is 22.4. The molecular formula is C23H23FN4OS. The molecule has 2 aliphatic heterocycles. The highest BCUT2D eigenvalue weighted by molar-refractivity contribution is 7.80. The van der Waals surface area contributed by atoms with Gasteiger partial charge in [-0.15, -0.1) is 0 Å². The lowest BCUT2D eigenvalue weighted by Crippen LogP contribution is -2.36. The maximum atomic E-state index is 14.6. The Morgan fingerprint density at radius 1 is 1.13 bits per heavy atom. The van der Waals surface area contributed by atoms with Crippen LogP contribution in [0.25, 0.3) is 5.69 Å². The standard InChI is InChI=1S/C23H23FN4OS/c24-17-8-1-2-10-19(17)27-13-5-11-20(27)22-21(18-9-3-4-12-25-18)26-23(30)28(22)15-16-7-6-14-29-16/h1-5,8-13,16,21-22H,6-7,14-15H2,(H,26,30)/t16-,21-,22-/m0/s1. The van der Waals surface area contributed by atoms with E-state index < -0.39 is 0 Å². The summed E-state index contributed by atoms with van der Waals surface area (Å²) in [6, 6.07) is 16.4. The largest absolute Gasteiger partial charge is 0.376 e. The van der Waals surface area contributed by atoms with Crippen molar-refractivity contribution >= 4 is 17.3 Å². The molecule has 3 atom stereocenters. The second-order valence-electron chi connectivity index (χ2n) is 7.67. The zero-order valence-electron chi connectivity index (χ0n) is 16.4. The third kappa shape index (κ3) is 3.48. The van der Waals surface area contributed by atoms with Gasteiger partial charge < -0.3 is 19.5 Å². The number of halogens is 1. The van der Waals surface area contributed by atoms with Gasteiger partial charge >= 0.3 is 0 Å². The lowest BCUT2D eigenvalue weighted by Gasteiger charge is -2.30. The number of rotatable bonds is 5. The van der Waals surface area contributed by atoms with Crippen LogP contribution < -0.4 is 5.32 Å². The second-order valence-corrected chi connectivity index (χ2v) is 8.06. The molecule has 5 nitrogen and oxygen atoms in total. The van der Waals surface area contributed by atoms with E-state index in [9.17, 15) is 4.39 Å². The molecule has 7 heteroatoms. The minimum atomic E-state index is -0.261. The first-order valence-corrected chi connectivity index (χ1v) is 10.6. The van der Waals surface area contributed by atoms with E-state index in [1.807, 2.05) is 47.2 Å². The minimum Gasteiger partial charge on any atom is -0.376 e. The number of hydrogen-bond donors (Lipinski definition) is 1. The highest BCUT2D eigenvalue weighted by Gasteiger charge is 2.42. The highest BCUT2D eigenvalue weighted by Crippen LogP contribution is 2.40. The quantitative estimate of drug-likeness (QED) is 0.626. The number of aromatic nitrogens is 2.